The predicted molar refractivity (Wildman–Crippen MR) is 74.4 cm³/mol. The molecule has 17 heavy (non-hydrogen) atoms. The first-order valence-electron chi connectivity index (χ1n) is 5.08. The number of rotatable bonds is 1. The van der Waals surface area contributed by atoms with Gasteiger partial charge in [0.05, 0.1) is 10.2 Å². The highest BCUT2D eigenvalue weighted by Crippen LogP contribution is 2.32. The number of thiazole rings is 1. The standard InChI is InChI=1S/C13H8BrNOS/c14-9-4-5-11-12(7-9)17-13(15-11)8-2-1-3-10(16)6-8/h1-7,16H. The van der Waals surface area contributed by atoms with E-state index in [1.807, 2.05) is 24.3 Å². The van der Waals surface area contributed by atoms with Gasteiger partial charge in [-0.3, -0.25) is 0 Å². The van der Waals surface area contributed by atoms with E-state index in [-0.39, 0.29) is 5.75 Å². The van der Waals surface area contributed by atoms with Crippen LogP contribution in [-0.4, -0.2) is 10.1 Å². The van der Waals surface area contributed by atoms with Crippen molar-refractivity contribution in [1.82, 2.24) is 4.98 Å². The van der Waals surface area contributed by atoms with Crippen LogP contribution in [0.2, 0.25) is 0 Å². The van der Waals surface area contributed by atoms with E-state index >= 15 is 0 Å². The van der Waals surface area contributed by atoms with Crippen molar-refractivity contribution in [3.05, 3.63) is 46.9 Å². The Morgan fingerprint density at radius 3 is 2.82 bits per heavy atom. The van der Waals surface area contributed by atoms with Gasteiger partial charge in [0.15, 0.2) is 0 Å². The number of phenolic OH excluding ortho intramolecular Hbond substituents is 1. The molecule has 2 aromatic carbocycles. The van der Waals surface area contributed by atoms with Crippen molar-refractivity contribution in [2.75, 3.05) is 0 Å². The lowest BCUT2D eigenvalue weighted by Crippen LogP contribution is -1.74. The molecule has 1 aromatic heterocycles. The summed E-state index contributed by atoms with van der Waals surface area (Å²) in [4.78, 5) is 4.55. The van der Waals surface area contributed by atoms with Crippen molar-refractivity contribution < 1.29 is 5.11 Å². The number of nitrogens with zero attached hydrogens (tertiary/aromatic N) is 1. The van der Waals surface area contributed by atoms with Crippen molar-refractivity contribution in [2.24, 2.45) is 0 Å². The maximum atomic E-state index is 9.46. The molecule has 0 aliphatic rings. The lowest BCUT2D eigenvalue weighted by atomic mass is 10.2. The number of halogens is 1. The zero-order chi connectivity index (χ0) is 11.8. The van der Waals surface area contributed by atoms with E-state index in [1.54, 1.807) is 23.5 Å². The largest absolute Gasteiger partial charge is 0.508 e. The summed E-state index contributed by atoms with van der Waals surface area (Å²) in [6.07, 6.45) is 0. The molecule has 1 heterocycles. The van der Waals surface area contributed by atoms with Crippen molar-refractivity contribution in [3.63, 3.8) is 0 Å². The third kappa shape index (κ3) is 2.06. The number of hydrogen-bond acceptors (Lipinski definition) is 3. The average Bonchev–Trinajstić information content (AvgIpc) is 2.72. The van der Waals surface area contributed by atoms with Crippen LogP contribution in [0, 0.1) is 0 Å². The topological polar surface area (TPSA) is 33.1 Å². The minimum absolute atomic E-state index is 0.267. The van der Waals surface area contributed by atoms with Crippen LogP contribution >= 0.6 is 27.3 Å². The molecule has 84 valence electrons. The molecule has 3 aromatic rings. The van der Waals surface area contributed by atoms with E-state index in [1.165, 1.54) is 0 Å². The minimum atomic E-state index is 0.267. The minimum Gasteiger partial charge on any atom is -0.508 e. The third-order valence-corrected chi connectivity index (χ3v) is 4.00. The van der Waals surface area contributed by atoms with Crippen LogP contribution in [0.1, 0.15) is 0 Å². The Balaban J connectivity index is 2.18. The molecular weight excluding hydrogens is 298 g/mol. The van der Waals surface area contributed by atoms with Crippen LogP contribution in [0.15, 0.2) is 46.9 Å². The Labute approximate surface area is 111 Å². The molecule has 0 amide bonds. The summed E-state index contributed by atoms with van der Waals surface area (Å²) >= 11 is 5.07. The van der Waals surface area contributed by atoms with Gasteiger partial charge < -0.3 is 5.11 Å². The molecular formula is C13H8BrNOS. The van der Waals surface area contributed by atoms with E-state index in [2.05, 4.69) is 27.0 Å². The second-order valence-corrected chi connectivity index (χ2v) is 5.63. The number of phenols is 1. The molecule has 0 fully saturated rings. The Morgan fingerprint density at radius 1 is 1.12 bits per heavy atom. The Bertz CT molecular complexity index is 693. The van der Waals surface area contributed by atoms with Crippen LogP contribution in [0.4, 0.5) is 0 Å². The van der Waals surface area contributed by atoms with Gasteiger partial charge in [0, 0.05) is 10.0 Å². The maximum Gasteiger partial charge on any atom is 0.124 e. The van der Waals surface area contributed by atoms with Crippen molar-refractivity contribution in [2.45, 2.75) is 0 Å². The van der Waals surface area contributed by atoms with Crippen LogP contribution in [0.3, 0.4) is 0 Å². The second kappa shape index (κ2) is 4.13. The van der Waals surface area contributed by atoms with Crippen molar-refractivity contribution >= 4 is 37.5 Å². The first-order valence-corrected chi connectivity index (χ1v) is 6.69. The Hall–Kier alpha value is -1.39. The fourth-order valence-electron chi connectivity index (χ4n) is 1.66. The molecule has 4 heteroatoms. The molecule has 0 aliphatic heterocycles. The first-order chi connectivity index (χ1) is 8.22. The van der Waals surface area contributed by atoms with Crippen molar-refractivity contribution in [1.29, 1.82) is 0 Å². The molecule has 0 atom stereocenters. The fourth-order valence-corrected chi connectivity index (χ4v) is 3.17. The van der Waals surface area contributed by atoms with Gasteiger partial charge in [-0.1, -0.05) is 28.1 Å². The monoisotopic (exact) mass is 305 g/mol. The highest BCUT2D eigenvalue weighted by molar-refractivity contribution is 9.10. The third-order valence-electron chi connectivity index (χ3n) is 2.44. The quantitative estimate of drug-likeness (QED) is 0.721. The number of aromatic hydroxyl groups is 1. The fraction of sp³-hybridized carbons (Fsp3) is 0. The highest BCUT2D eigenvalue weighted by atomic mass is 79.9. The molecule has 2 nitrogen and oxygen atoms in total. The van der Waals surface area contributed by atoms with Gasteiger partial charge in [0.25, 0.3) is 0 Å². The van der Waals surface area contributed by atoms with Gasteiger partial charge in [-0.15, -0.1) is 11.3 Å². The van der Waals surface area contributed by atoms with Crippen LogP contribution in [0.5, 0.6) is 5.75 Å². The summed E-state index contributed by atoms with van der Waals surface area (Å²) in [5.41, 5.74) is 1.93. The first kappa shape index (κ1) is 10.7. The van der Waals surface area contributed by atoms with Gasteiger partial charge in [-0.25, -0.2) is 4.98 Å². The number of fused-ring (bicyclic) bond motifs is 1. The van der Waals surface area contributed by atoms with Crippen molar-refractivity contribution in [3.8, 4) is 16.3 Å². The summed E-state index contributed by atoms with van der Waals surface area (Å²) in [6, 6.07) is 13.2. The maximum absolute atomic E-state index is 9.46. The SMILES string of the molecule is Oc1cccc(-c2nc3ccc(Br)cc3s2)c1. The van der Waals surface area contributed by atoms with Crippen LogP contribution in [-0.2, 0) is 0 Å². The highest BCUT2D eigenvalue weighted by Gasteiger charge is 2.06. The lowest BCUT2D eigenvalue weighted by Gasteiger charge is -1.95. The Morgan fingerprint density at radius 2 is 2.00 bits per heavy atom. The van der Waals surface area contributed by atoms with Gasteiger partial charge in [0.2, 0.25) is 0 Å². The number of aromatic nitrogens is 1. The molecule has 0 aliphatic carbocycles. The van der Waals surface area contributed by atoms with Gasteiger partial charge in [0.1, 0.15) is 10.8 Å². The summed E-state index contributed by atoms with van der Waals surface area (Å²) in [6.45, 7) is 0. The molecule has 3 rings (SSSR count). The Kier molecular flexibility index (Phi) is 2.61. The normalized spacial score (nSPS) is 10.9. The van der Waals surface area contributed by atoms with Crippen LogP contribution in [0.25, 0.3) is 20.8 Å². The molecule has 0 radical (unpaired) electrons. The van der Waals surface area contributed by atoms with E-state index < -0.39 is 0 Å². The molecule has 0 saturated heterocycles. The van der Waals surface area contributed by atoms with E-state index in [0.29, 0.717) is 0 Å². The predicted octanol–water partition coefficient (Wildman–Crippen LogP) is 4.43. The van der Waals surface area contributed by atoms with Crippen LogP contribution < -0.4 is 0 Å². The van der Waals surface area contributed by atoms with Gasteiger partial charge in [-0.05, 0) is 30.3 Å². The smallest absolute Gasteiger partial charge is 0.124 e. The summed E-state index contributed by atoms with van der Waals surface area (Å²) in [7, 11) is 0. The zero-order valence-electron chi connectivity index (χ0n) is 8.72. The number of hydrogen-bond donors (Lipinski definition) is 1. The van der Waals surface area contributed by atoms with E-state index in [4.69, 9.17) is 0 Å². The zero-order valence-corrected chi connectivity index (χ0v) is 11.1. The second-order valence-electron chi connectivity index (χ2n) is 3.68. The molecule has 0 unspecified atom stereocenters. The summed E-state index contributed by atoms with van der Waals surface area (Å²) in [5.74, 6) is 0.267. The number of benzene rings is 2. The molecule has 0 saturated carbocycles. The molecule has 1 N–H and O–H groups in total. The van der Waals surface area contributed by atoms with Gasteiger partial charge >= 0.3 is 0 Å². The molecule has 0 bridgehead atoms. The summed E-state index contributed by atoms with van der Waals surface area (Å²) in [5, 5.41) is 10.4. The lowest BCUT2D eigenvalue weighted by molar-refractivity contribution is 0.475. The average molecular weight is 306 g/mol. The summed E-state index contributed by atoms with van der Waals surface area (Å²) < 4.78 is 2.19. The van der Waals surface area contributed by atoms with Gasteiger partial charge in [-0.2, -0.15) is 0 Å². The molecule has 0 spiro atoms. The van der Waals surface area contributed by atoms with E-state index in [9.17, 15) is 5.11 Å². The van der Waals surface area contributed by atoms with E-state index in [0.717, 1.165) is 25.3 Å².